The third-order valence-electron chi connectivity index (χ3n) is 4.62. The minimum absolute atomic E-state index is 0.0271. The van der Waals surface area contributed by atoms with E-state index in [0.29, 0.717) is 19.6 Å². The Labute approximate surface area is 161 Å². The summed E-state index contributed by atoms with van der Waals surface area (Å²) in [5.74, 6) is 0.868. The molecule has 3 rings (SSSR count). The van der Waals surface area contributed by atoms with E-state index in [2.05, 4.69) is 10.2 Å². The molecule has 1 saturated heterocycles. The molecule has 0 spiro atoms. The molecule has 0 bridgehead atoms. The van der Waals surface area contributed by atoms with E-state index < -0.39 is 0 Å². The molecule has 0 unspecified atom stereocenters. The van der Waals surface area contributed by atoms with Crippen molar-refractivity contribution in [2.45, 2.75) is 19.9 Å². The van der Waals surface area contributed by atoms with Crippen LogP contribution in [0.25, 0.3) is 0 Å². The number of morpholine rings is 1. The first-order valence-electron chi connectivity index (χ1n) is 9.53. The number of rotatable bonds is 8. The van der Waals surface area contributed by atoms with Gasteiger partial charge in [0.1, 0.15) is 12.4 Å². The van der Waals surface area contributed by atoms with Crippen LogP contribution in [-0.2, 0) is 22.5 Å². The van der Waals surface area contributed by atoms with E-state index in [1.165, 1.54) is 5.56 Å². The van der Waals surface area contributed by atoms with Crippen LogP contribution in [-0.4, -0.2) is 50.3 Å². The van der Waals surface area contributed by atoms with Crippen LogP contribution < -0.4 is 10.1 Å². The first-order chi connectivity index (χ1) is 13.2. The van der Waals surface area contributed by atoms with Gasteiger partial charge < -0.3 is 14.8 Å². The van der Waals surface area contributed by atoms with E-state index in [0.717, 1.165) is 49.7 Å². The fourth-order valence-corrected chi connectivity index (χ4v) is 3.13. The van der Waals surface area contributed by atoms with Crippen LogP contribution in [0.4, 0.5) is 0 Å². The molecule has 0 aromatic heterocycles. The zero-order valence-corrected chi connectivity index (χ0v) is 15.9. The van der Waals surface area contributed by atoms with Crippen molar-refractivity contribution in [3.63, 3.8) is 0 Å². The Kier molecular flexibility index (Phi) is 7.25. The molecule has 2 aromatic rings. The Morgan fingerprint density at radius 2 is 1.89 bits per heavy atom. The van der Waals surface area contributed by atoms with Crippen LogP contribution in [0.1, 0.15) is 16.7 Å². The SMILES string of the molecule is Cc1cccc(CC(=O)NCc2cccc(OCCN3CCOCC3)c2)c1. The Hall–Kier alpha value is -2.37. The molecule has 0 saturated carbocycles. The molecule has 1 aliphatic heterocycles. The molecule has 1 fully saturated rings. The van der Waals surface area contributed by atoms with Gasteiger partial charge in [-0.1, -0.05) is 42.0 Å². The molecule has 1 aliphatic rings. The maximum Gasteiger partial charge on any atom is 0.224 e. The van der Waals surface area contributed by atoms with Crippen LogP contribution in [0, 0.1) is 6.92 Å². The van der Waals surface area contributed by atoms with Gasteiger partial charge in [0, 0.05) is 26.2 Å². The molecule has 1 N–H and O–H groups in total. The van der Waals surface area contributed by atoms with Crippen molar-refractivity contribution < 1.29 is 14.3 Å². The van der Waals surface area contributed by atoms with Gasteiger partial charge in [0.2, 0.25) is 5.91 Å². The van der Waals surface area contributed by atoms with Gasteiger partial charge in [-0.15, -0.1) is 0 Å². The summed E-state index contributed by atoms with van der Waals surface area (Å²) in [5.41, 5.74) is 3.24. The van der Waals surface area contributed by atoms with Gasteiger partial charge in [0.15, 0.2) is 0 Å². The molecule has 1 amide bonds. The van der Waals surface area contributed by atoms with Crippen molar-refractivity contribution in [1.29, 1.82) is 0 Å². The molecular formula is C22H28N2O3. The van der Waals surface area contributed by atoms with Crippen LogP contribution in [0.3, 0.4) is 0 Å². The second kappa shape index (κ2) is 10.1. The van der Waals surface area contributed by atoms with Gasteiger partial charge in [-0.3, -0.25) is 9.69 Å². The lowest BCUT2D eigenvalue weighted by Crippen LogP contribution is -2.38. The largest absolute Gasteiger partial charge is 0.492 e. The number of amides is 1. The first kappa shape index (κ1) is 19.4. The molecule has 144 valence electrons. The van der Waals surface area contributed by atoms with Gasteiger partial charge in [-0.05, 0) is 30.2 Å². The highest BCUT2D eigenvalue weighted by Gasteiger charge is 2.10. The van der Waals surface area contributed by atoms with Crippen molar-refractivity contribution in [2.24, 2.45) is 0 Å². The Morgan fingerprint density at radius 3 is 2.70 bits per heavy atom. The number of hydrogen-bond donors (Lipinski definition) is 1. The summed E-state index contributed by atoms with van der Waals surface area (Å²) in [4.78, 5) is 14.5. The quantitative estimate of drug-likeness (QED) is 0.778. The van der Waals surface area contributed by atoms with Crippen LogP contribution in [0.2, 0.25) is 0 Å². The fourth-order valence-electron chi connectivity index (χ4n) is 3.13. The summed E-state index contributed by atoms with van der Waals surface area (Å²) in [6.07, 6.45) is 0.400. The summed E-state index contributed by atoms with van der Waals surface area (Å²) in [6.45, 7) is 7.64. The van der Waals surface area contributed by atoms with Gasteiger partial charge in [0.25, 0.3) is 0 Å². The normalized spacial score (nSPS) is 14.7. The third kappa shape index (κ3) is 6.70. The number of nitrogens with one attached hydrogen (secondary N) is 1. The van der Waals surface area contributed by atoms with E-state index in [4.69, 9.17) is 9.47 Å². The lowest BCUT2D eigenvalue weighted by molar-refractivity contribution is -0.120. The molecule has 2 aromatic carbocycles. The summed E-state index contributed by atoms with van der Waals surface area (Å²) >= 11 is 0. The minimum Gasteiger partial charge on any atom is -0.492 e. The zero-order valence-electron chi connectivity index (χ0n) is 15.9. The number of carbonyl (C=O) groups is 1. The lowest BCUT2D eigenvalue weighted by atomic mass is 10.1. The predicted molar refractivity (Wildman–Crippen MR) is 106 cm³/mol. The van der Waals surface area contributed by atoms with E-state index in [1.54, 1.807) is 0 Å². The fraction of sp³-hybridized carbons (Fsp3) is 0.409. The number of ether oxygens (including phenoxy) is 2. The average Bonchev–Trinajstić information content (AvgIpc) is 2.68. The second-order valence-corrected chi connectivity index (χ2v) is 6.89. The number of carbonyl (C=O) groups excluding carboxylic acids is 1. The lowest BCUT2D eigenvalue weighted by Gasteiger charge is -2.26. The summed E-state index contributed by atoms with van der Waals surface area (Å²) in [5, 5.41) is 2.99. The smallest absolute Gasteiger partial charge is 0.224 e. The van der Waals surface area contributed by atoms with E-state index in [-0.39, 0.29) is 5.91 Å². The first-order valence-corrected chi connectivity index (χ1v) is 9.53. The van der Waals surface area contributed by atoms with Gasteiger partial charge in [0.05, 0.1) is 19.6 Å². The predicted octanol–water partition coefficient (Wildman–Crippen LogP) is 2.56. The Morgan fingerprint density at radius 1 is 1.11 bits per heavy atom. The number of nitrogens with zero attached hydrogens (tertiary/aromatic N) is 1. The highest BCUT2D eigenvalue weighted by Crippen LogP contribution is 2.13. The molecule has 0 aliphatic carbocycles. The summed E-state index contributed by atoms with van der Waals surface area (Å²) < 4.78 is 11.2. The maximum absolute atomic E-state index is 12.2. The summed E-state index contributed by atoms with van der Waals surface area (Å²) in [7, 11) is 0. The molecule has 5 heteroatoms. The summed E-state index contributed by atoms with van der Waals surface area (Å²) in [6, 6.07) is 16.0. The average molecular weight is 368 g/mol. The van der Waals surface area contributed by atoms with Crippen molar-refractivity contribution >= 4 is 5.91 Å². The molecule has 5 nitrogen and oxygen atoms in total. The monoisotopic (exact) mass is 368 g/mol. The third-order valence-corrected chi connectivity index (χ3v) is 4.62. The minimum atomic E-state index is 0.0271. The van der Waals surface area contributed by atoms with Crippen molar-refractivity contribution in [3.05, 3.63) is 65.2 Å². The topological polar surface area (TPSA) is 50.8 Å². The highest BCUT2D eigenvalue weighted by atomic mass is 16.5. The Bertz CT molecular complexity index is 742. The van der Waals surface area contributed by atoms with Gasteiger partial charge in [-0.25, -0.2) is 0 Å². The van der Waals surface area contributed by atoms with Crippen LogP contribution >= 0.6 is 0 Å². The highest BCUT2D eigenvalue weighted by molar-refractivity contribution is 5.78. The second-order valence-electron chi connectivity index (χ2n) is 6.89. The maximum atomic E-state index is 12.2. The van der Waals surface area contributed by atoms with Crippen LogP contribution in [0.15, 0.2) is 48.5 Å². The van der Waals surface area contributed by atoms with E-state index in [9.17, 15) is 4.79 Å². The van der Waals surface area contributed by atoms with Crippen LogP contribution in [0.5, 0.6) is 5.75 Å². The molecule has 0 atom stereocenters. The number of aryl methyl sites for hydroxylation is 1. The van der Waals surface area contributed by atoms with Crippen molar-refractivity contribution in [3.8, 4) is 5.75 Å². The van der Waals surface area contributed by atoms with E-state index in [1.807, 2.05) is 55.5 Å². The molecule has 1 heterocycles. The molecule has 27 heavy (non-hydrogen) atoms. The van der Waals surface area contributed by atoms with E-state index >= 15 is 0 Å². The Balaban J connectivity index is 1.42. The molecular weight excluding hydrogens is 340 g/mol. The number of benzene rings is 2. The van der Waals surface area contributed by atoms with Crippen molar-refractivity contribution in [1.82, 2.24) is 10.2 Å². The number of hydrogen-bond acceptors (Lipinski definition) is 4. The zero-order chi connectivity index (χ0) is 18.9. The molecule has 0 radical (unpaired) electrons. The van der Waals surface area contributed by atoms with Gasteiger partial charge in [-0.2, -0.15) is 0 Å². The standard InChI is InChI=1S/C22H28N2O3/c1-18-4-2-5-19(14-18)16-22(25)23-17-20-6-3-7-21(15-20)27-13-10-24-8-11-26-12-9-24/h2-7,14-15H,8-13,16-17H2,1H3,(H,23,25). The van der Waals surface area contributed by atoms with Gasteiger partial charge >= 0.3 is 0 Å². The van der Waals surface area contributed by atoms with Crippen molar-refractivity contribution in [2.75, 3.05) is 39.5 Å².